The van der Waals surface area contributed by atoms with Crippen LogP contribution in [0.25, 0.3) is 0 Å². The zero-order valence-corrected chi connectivity index (χ0v) is 21.2. The molecule has 0 atom stereocenters. The van der Waals surface area contributed by atoms with Gasteiger partial charge in [0.05, 0.1) is 0 Å². The molecule has 0 amide bonds. The van der Waals surface area contributed by atoms with E-state index >= 15 is 0 Å². The van der Waals surface area contributed by atoms with Crippen molar-refractivity contribution in [1.82, 2.24) is 0 Å². The number of hydrogen-bond acceptors (Lipinski definition) is 2. The highest BCUT2D eigenvalue weighted by Crippen LogP contribution is 2.34. The summed E-state index contributed by atoms with van der Waals surface area (Å²) in [6, 6.07) is 0. The lowest BCUT2D eigenvalue weighted by molar-refractivity contribution is 0.358. The van der Waals surface area contributed by atoms with Crippen molar-refractivity contribution in [2.24, 2.45) is 5.92 Å². The van der Waals surface area contributed by atoms with Crippen LogP contribution < -0.4 is 0 Å². The van der Waals surface area contributed by atoms with Gasteiger partial charge in [-0.1, -0.05) is 90.9 Å². The van der Waals surface area contributed by atoms with Crippen LogP contribution in [0.15, 0.2) is 0 Å². The van der Waals surface area contributed by atoms with E-state index in [0.717, 1.165) is 11.2 Å². The minimum atomic E-state index is 0.997. The fraction of sp³-hybridized carbons (Fsp3) is 1.00. The Hall–Kier alpha value is 0.700. The van der Waals surface area contributed by atoms with Crippen molar-refractivity contribution in [2.45, 2.75) is 141 Å². The first-order valence-corrected chi connectivity index (χ1v) is 15.3. The lowest BCUT2D eigenvalue weighted by Crippen LogP contribution is -2.17. The van der Waals surface area contributed by atoms with Crippen LogP contribution in [-0.2, 0) is 0 Å². The second-order valence-corrected chi connectivity index (χ2v) is 11.8. The summed E-state index contributed by atoms with van der Waals surface area (Å²) < 4.78 is 0. The van der Waals surface area contributed by atoms with Gasteiger partial charge in [0.2, 0.25) is 0 Å². The van der Waals surface area contributed by atoms with Crippen LogP contribution >= 0.6 is 23.5 Å². The van der Waals surface area contributed by atoms with E-state index in [1.807, 2.05) is 0 Å². The van der Waals surface area contributed by atoms with E-state index in [1.165, 1.54) is 139 Å². The molecule has 0 aromatic heterocycles. The van der Waals surface area contributed by atoms with E-state index in [0.29, 0.717) is 0 Å². The molecule has 0 aliphatic heterocycles. The third kappa shape index (κ3) is 16.5. The normalized spacial score (nSPS) is 19.9. The Labute approximate surface area is 187 Å². The first-order valence-electron chi connectivity index (χ1n) is 13.1. The summed E-state index contributed by atoms with van der Waals surface area (Å²) in [6.07, 6.45) is 27.9. The van der Waals surface area contributed by atoms with E-state index < -0.39 is 0 Å². The highest BCUT2D eigenvalue weighted by molar-refractivity contribution is 7.99. The van der Waals surface area contributed by atoms with E-state index in [4.69, 9.17) is 0 Å². The van der Waals surface area contributed by atoms with Gasteiger partial charge >= 0.3 is 0 Å². The van der Waals surface area contributed by atoms with Crippen molar-refractivity contribution in [3.63, 3.8) is 0 Å². The van der Waals surface area contributed by atoms with Crippen molar-refractivity contribution in [1.29, 1.82) is 0 Å². The summed E-state index contributed by atoms with van der Waals surface area (Å²) >= 11 is 4.54. The maximum absolute atomic E-state index is 2.31. The third-order valence-electron chi connectivity index (χ3n) is 6.46. The molecule has 0 unspecified atom stereocenters. The Kier molecular flexibility index (Phi) is 20.0. The van der Waals surface area contributed by atoms with Crippen LogP contribution in [0, 0.1) is 5.92 Å². The number of thioether (sulfide) groups is 2. The highest BCUT2D eigenvalue weighted by atomic mass is 32.2. The van der Waals surface area contributed by atoms with Gasteiger partial charge in [0.25, 0.3) is 0 Å². The molecule has 1 aliphatic carbocycles. The van der Waals surface area contributed by atoms with Gasteiger partial charge in [-0.2, -0.15) is 23.5 Å². The first-order chi connectivity index (χ1) is 13.9. The maximum Gasteiger partial charge on any atom is 0.00472 e. The van der Waals surface area contributed by atoms with Crippen LogP contribution in [0.4, 0.5) is 0 Å². The Balaban J connectivity index is 1.81. The summed E-state index contributed by atoms with van der Waals surface area (Å²) in [6.45, 7) is 4.61. The Morgan fingerprint density at radius 1 is 0.536 bits per heavy atom. The molecule has 0 N–H and O–H groups in total. The summed E-state index contributed by atoms with van der Waals surface area (Å²) in [4.78, 5) is 0. The Morgan fingerprint density at radius 3 is 1.61 bits per heavy atom. The minimum absolute atomic E-state index is 0.997. The molecule has 0 heterocycles. The zero-order valence-electron chi connectivity index (χ0n) is 19.5. The molecule has 1 aliphatic rings. The van der Waals surface area contributed by atoms with E-state index in [2.05, 4.69) is 37.4 Å². The van der Waals surface area contributed by atoms with E-state index in [9.17, 15) is 0 Å². The molecule has 1 rings (SSSR count). The molecule has 0 aromatic rings. The van der Waals surface area contributed by atoms with Crippen molar-refractivity contribution in [3.8, 4) is 0 Å². The largest absolute Gasteiger partial charge is 0.162 e. The average molecular weight is 429 g/mol. The van der Waals surface area contributed by atoms with Crippen molar-refractivity contribution in [3.05, 3.63) is 0 Å². The van der Waals surface area contributed by atoms with Crippen molar-refractivity contribution in [2.75, 3.05) is 17.3 Å². The predicted molar refractivity (Wildman–Crippen MR) is 136 cm³/mol. The predicted octanol–water partition coefficient (Wildman–Crippen LogP) is 9.90. The van der Waals surface area contributed by atoms with Gasteiger partial charge in [0, 0.05) is 5.25 Å². The molecule has 1 saturated carbocycles. The van der Waals surface area contributed by atoms with Gasteiger partial charge in [-0.15, -0.1) is 0 Å². The van der Waals surface area contributed by atoms with Crippen LogP contribution in [-0.4, -0.2) is 22.5 Å². The molecule has 0 spiro atoms. The molecule has 0 saturated heterocycles. The first kappa shape index (κ1) is 26.7. The molecular weight excluding hydrogens is 376 g/mol. The highest BCUT2D eigenvalue weighted by Gasteiger charge is 2.20. The molecular formula is C26H52S2. The quantitative estimate of drug-likeness (QED) is 0.177. The molecule has 0 aromatic carbocycles. The van der Waals surface area contributed by atoms with Crippen molar-refractivity contribution >= 4 is 23.5 Å². The van der Waals surface area contributed by atoms with E-state index in [1.54, 1.807) is 0 Å². The van der Waals surface area contributed by atoms with Crippen LogP contribution in [0.1, 0.15) is 136 Å². The smallest absolute Gasteiger partial charge is 0.00472 e. The van der Waals surface area contributed by atoms with Crippen LogP contribution in [0.3, 0.4) is 0 Å². The number of unbranched alkanes of at least 4 members (excludes halogenated alkanes) is 12. The lowest BCUT2D eigenvalue weighted by Gasteiger charge is -2.28. The van der Waals surface area contributed by atoms with Crippen LogP contribution in [0.5, 0.6) is 0 Å². The maximum atomic E-state index is 2.31. The van der Waals surface area contributed by atoms with Gasteiger partial charge < -0.3 is 0 Å². The molecule has 0 bridgehead atoms. The zero-order chi connectivity index (χ0) is 20.1. The van der Waals surface area contributed by atoms with E-state index in [-0.39, 0.29) is 0 Å². The average Bonchev–Trinajstić information content (AvgIpc) is 2.72. The molecule has 0 radical (unpaired) electrons. The fourth-order valence-electron chi connectivity index (χ4n) is 4.41. The number of hydrogen-bond donors (Lipinski definition) is 0. The SMILES string of the molecule is CCCCCCCCCSCCC1CCC(SCCCCCCCCC)CC1. The molecule has 168 valence electrons. The Bertz CT molecular complexity index is 297. The molecule has 2 heteroatoms. The molecule has 1 fully saturated rings. The monoisotopic (exact) mass is 428 g/mol. The van der Waals surface area contributed by atoms with Crippen LogP contribution in [0.2, 0.25) is 0 Å². The van der Waals surface area contributed by atoms with Gasteiger partial charge in [0.1, 0.15) is 0 Å². The topological polar surface area (TPSA) is 0 Å². The summed E-state index contributed by atoms with van der Waals surface area (Å²) in [5, 5.41) is 0.997. The summed E-state index contributed by atoms with van der Waals surface area (Å²) in [7, 11) is 0. The lowest BCUT2D eigenvalue weighted by atomic mass is 9.87. The van der Waals surface area contributed by atoms with Crippen molar-refractivity contribution < 1.29 is 0 Å². The second kappa shape index (κ2) is 21.0. The third-order valence-corrected chi connectivity index (χ3v) is 9.03. The standard InChI is InChI=1S/C26H52S2/c1-3-5-7-9-11-13-15-22-27-24-21-25-17-19-26(20-18-25)28-23-16-14-12-10-8-6-4-2/h25-26H,3-24H2,1-2H3. The Morgan fingerprint density at radius 2 is 1.04 bits per heavy atom. The summed E-state index contributed by atoms with van der Waals surface area (Å²) in [5.74, 6) is 5.32. The van der Waals surface area contributed by atoms with Gasteiger partial charge in [0.15, 0.2) is 0 Å². The fourth-order valence-corrected chi connectivity index (χ4v) is 6.83. The van der Waals surface area contributed by atoms with Gasteiger partial charge in [-0.25, -0.2) is 0 Å². The molecule has 0 nitrogen and oxygen atoms in total. The minimum Gasteiger partial charge on any atom is -0.162 e. The van der Waals surface area contributed by atoms with Gasteiger partial charge in [-0.3, -0.25) is 0 Å². The molecule has 28 heavy (non-hydrogen) atoms. The summed E-state index contributed by atoms with van der Waals surface area (Å²) in [5.41, 5.74) is 0. The van der Waals surface area contributed by atoms with Gasteiger partial charge in [-0.05, 0) is 68.1 Å². The number of rotatable bonds is 20. The second-order valence-electron chi connectivity index (χ2n) is 9.16.